The molecule has 1 rings (SSSR count). The number of hydrogen-bond acceptors (Lipinski definition) is 4. The fraction of sp³-hybridized carbons (Fsp3) is 0.429. The summed E-state index contributed by atoms with van der Waals surface area (Å²) < 4.78 is 0. The lowest BCUT2D eigenvalue weighted by Gasteiger charge is -2.29. The molecule has 0 aromatic heterocycles. The maximum atomic E-state index is 12.2. The lowest BCUT2D eigenvalue weighted by Crippen LogP contribution is -2.51. The summed E-state index contributed by atoms with van der Waals surface area (Å²) in [6.45, 7) is 5.16. The second-order valence-electron chi connectivity index (χ2n) is 4.79. The van der Waals surface area contributed by atoms with E-state index in [1.165, 1.54) is 11.8 Å². The van der Waals surface area contributed by atoms with E-state index in [4.69, 9.17) is 5.26 Å². The van der Waals surface area contributed by atoms with Crippen molar-refractivity contribution in [3.05, 3.63) is 29.8 Å². The molecule has 0 spiro atoms. The van der Waals surface area contributed by atoms with Crippen molar-refractivity contribution in [2.75, 3.05) is 5.75 Å². The predicted molar refractivity (Wildman–Crippen MR) is 76.0 cm³/mol. The van der Waals surface area contributed by atoms with E-state index in [-0.39, 0.29) is 5.91 Å². The molecule has 1 aromatic carbocycles. The number of carbonyl (C=O) groups excluding carboxylic acids is 1. The van der Waals surface area contributed by atoms with Crippen LogP contribution in [0.4, 0.5) is 0 Å². The molecule has 2 N–H and O–H groups in total. The predicted octanol–water partition coefficient (Wildman–Crippen LogP) is 2.19. The van der Waals surface area contributed by atoms with Crippen molar-refractivity contribution in [3.63, 3.8) is 0 Å². The van der Waals surface area contributed by atoms with E-state index < -0.39 is 11.6 Å². The van der Waals surface area contributed by atoms with E-state index in [0.717, 1.165) is 4.90 Å². The van der Waals surface area contributed by atoms with E-state index in [1.807, 2.05) is 18.2 Å². The number of carbonyl (C=O) groups is 1. The number of aliphatic hydroxyl groups excluding tert-OH is 1. The number of aliphatic hydroxyl groups is 1. The first-order valence-corrected chi connectivity index (χ1v) is 6.96. The molecule has 0 saturated carbocycles. The third kappa shape index (κ3) is 4.27. The molecule has 1 atom stereocenters. The SMILES string of the molecule is CC(O)C(C)(C)NC(=O)c1ccccc1SCC#N. The van der Waals surface area contributed by atoms with Gasteiger partial charge < -0.3 is 10.4 Å². The third-order valence-corrected chi connectivity index (χ3v) is 3.84. The van der Waals surface area contributed by atoms with Crippen LogP contribution in [0.5, 0.6) is 0 Å². The number of thioether (sulfide) groups is 1. The van der Waals surface area contributed by atoms with Gasteiger partial charge in [0.2, 0.25) is 0 Å². The van der Waals surface area contributed by atoms with Gasteiger partial charge in [0.25, 0.3) is 5.91 Å². The number of hydrogen-bond donors (Lipinski definition) is 2. The molecule has 0 aliphatic rings. The Bertz CT molecular complexity index is 492. The summed E-state index contributed by atoms with van der Waals surface area (Å²) >= 11 is 1.33. The van der Waals surface area contributed by atoms with Crippen molar-refractivity contribution >= 4 is 17.7 Å². The van der Waals surface area contributed by atoms with Gasteiger partial charge in [0.15, 0.2) is 0 Å². The molecule has 1 amide bonds. The van der Waals surface area contributed by atoms with Gasteiger partial charge in [-0.15, -0.1) is 11.8 Å². The normalized spacial score (nSPS) is 12.6. The minimum absolute atomic E-state index is 0.244. The maximum Gasteiger partial charge on any atom is 0.252 e. The summed E-state index contributed by atoms with van der Waals surface area (Å²) in [7, 11) is 0. The average Bonchev–Trinajstić information content (AvgIpc) is 2.36. The van der Waals surface area contributed by atoms with E-state index >= 15 is 0 Å². The molecule has 0 bridgehead atoms. The van der Waals surface area contributed by atoms with Crippen LogP contribution in [0.3, 0.4) is 0 Å². The van der Waals surface area contributed by atoms with Gasteiger partial charge in [-0.3, -0.25) is 4.79 Å². The van der Waals surface area contributed by atoms with Gasteiger partial charge in [-0.05, 0) is 32.9 Å². The summed E-state index contributed by atoms with van der Waals surface area (Å²) in [5.41, 5.74) is -0.180. The average molecular weight is 278 g/mol. The van der Waals surface area contributed by atoms with Gasteiger partial charge in [-0.2, -0.15) is 5.26 Å². The summed E-state index contributed by atoms with van der Waals surface area (Å²) in [4.78, 5) is 13.0. The molecular weight excluding hydrogens is 260 g/mol. The van der Waals surface area contributed by atoms with Gasteiger partial charge in [0.1, 0.15) is 0 Å². The minimum atomic E-state index is -0.704. The van der Waals surface area contributed by atoms with Crippen LogP contribution in [0.15, 0.2) is 29.2 Å². The fourth-order valence-electron chi connectivity index (χ4n) is 1.35. The second kappa shape index (κ2) is 6.60. The van der Waals surface area contributed by atoms with E-state index in [2.05, 4.69) is 5.32 Å². The molecule has 0 aliphatic carbocycles. The van der Waals surface area contributed by atoms with Gasteiger partial charge in [-0.1, -0.05) is 12.1 Å². The van der Waals surface area contributed by atoms with Crippen molar-refractivity contribution in [2.45, 2.75) is 37.3 Å². The number of nitrogens with zero attached hydrogens (tertiary/aromatic N) is 1. The summed E-state index contributed by atoms with van der Waals surface area (Å²) in [5, 5.41) is 21.0. The molecule has 0 fully saturated rings. The summed E-state index contributed by atoms with van der Waals surface area (Å²) in [5.74, 6) is 0.0521. The molecule has 1 unspecified atom stereocenters. The van der Waals surface area contributed by atoms with Crippen molar-refractivity contribution in [1.82, 2.24) is 5.32 Å². The highest BCUT2D eigenvalue weighted by molar-refractivity contribution is 7.99. The van der Waals surface area contributed by atoms with Crippen LogP contribution in [0.25, 0.3) is 0 Å². The number of benzene rings is 1. The van der Waals surface area contributed by atoms with Crippen LogP contribution in [-0.4, -0.2) is 28.4 Å². The molecule has 0 aliphatic heterocycles. The van der Waals surface area contributed by atoms with Crippen molar-refractivity contribution in [1.29, 1.82) is 5.26 Å². The second-order valence-corrected chi connectivity index (χ2v) is 5.81. The Morgan fingerprint density at radius 2 is 2.16 bits per heavy atom. The Hall–Kier alpha value is -1.51. The van der Waals surface area contributed by atoms with Crippen LogP contribution in [-0.2, 0) is 0 Å². The van der Waals surface area contributed by atoms with Crippen LogP contribution in [0, 0.1) is 11.3 Å². The Kier molecular flexibility index (Phi) is 5.40. The zero-order chi connectivity index (χ0) is 14.5. The van der Waals surface area contributed by atoms with Crippen molar-refractivity contribution < 1.29 is 9.90 Å². The number of nitrogens with one attached hydrogen (secondary N) is 1. The molecule has 0 radical (unpaired) electrons. The molecule has 5 heteroatoms. The lowest BCUT2D eigenvalue weighted by molar-refractivity contribution is 0.0707. The largest absolute Gasteiger partial charge is 0.391 e. The smallest absolute Gasteiger partial charge is 0.252 e. The van der Waals surface area contributed by atoms with E-state index in [0.29, 0.717) is 11.3 Å². The van der Waals surface area contributed by atoms with E-state index in [9.17, 15) is 9.90 Å². The third-order valence-electron chi connectivity index (χ3n) is 2.90. The summed E-state index contributed by atoms with van der Waals surface area (Å²) in [6.07, 6.45) is -0.657. The van der Waals surface area contributed by atoms with Crippen LogP contribution >= 0.6 is 11.8 Å². The minimum Gasteiger partial charge on any atom is -0.391 e. The monoisotopic (exact) mass is 278 g/mol. The molecular formula is C14H18N2O2S. The number of amides is 1. The van der Waals surface area contributed by atoms with Gasteiger partial charge in [0.05, 0.1) is 29.0 Å². The van der Waals surface area contributed by atoms with Crippen LogP contribution in [0.1, 0.15) is 31.1 Å². The maximum absolute atomic E-state index is 12.2. The molecule has 1 aromatic rings. The first kappa shape index (κ1) is 15.5. The van der Waals surface area contributed by atoms with E-state index in [1.54, 1.807) is 32.9 Å². The van der Waals surface area contributed by atoms with Gasteiger partial charge in [-0.25, -0.2) is 0 Å². The first-order chi connectivity index (χ1) is 8.88. The molecule has 4 nitrogen and oxygen atoms in total. The Labute approximate surface area is 117 Å². The lowest BCUT2D eigenvalue weighted by atomic mass is 9.98. The quantitative estimate of drug-likeness (QED) is 0.810. The van der Waals surface area contributed by atoms with Crippen LogP contribution < -0.4 is 5.32 Å². The Balaban J connectivity index is 2.91. The number of rotatable bonds is 5. The fourth-order valence-corrected chi connectivity index (χ4v) is 2.07. The summed E-state index contributed by atoms with van der Waals surface area (Å²) in [6, 6.07) is 9.18. The van der Waals surface area contributed by atoms with Crippen molar-refractivity contribution in [2.24, 2.45) is 0 Å². The highest BCUT2D eigenvalue weighted by Gasteiger charge is 2.27. The Morgan fingerprint density at radius 1 is 1.53 bits per heavy atom. The standard InChI is InChI=1S/C14H18N2O2S/c1-10(17)14(2,3)16-13(18)11-6-4-5-7-12(11)19-9-8-15/h4-7,10,17H,9H2,1-3H3,(H,16,18). The van der Waals surface area contributed by atoms with Gasteiger partial charge in [0, 0.05) is 4.90 Å². The molecule has 102 valence electrons. The van der Waals surface area contributed by atoms with Gasteiger partial charge >= 0.3 is 0 Å². The van der Waals surface area contributed by atoms with Crippen molar-refractivity contribution in [3.8, 4) is 6.07 Å². The highest BCUT2D eigenvalue weighted by Crippen LogP contribution is 2.23. The highest BCUT2D eigenvalue weighted by atomic mass is 32.2. The first-order valence-electron chi connectivity index (χ1n) is 5.98. The molecule has 0 heterocycles. The zero-order valence-electron chi connectivity index (χ0n) is 11.3. The topological polar surface area (TPSA) is 73.1 Å². The van der Waals surface area contributed by atoms with Crippen LogP contribution in [0.2, 0.25) is 0 Å². The number of nitriles is 1. The molecule has 0 saturated heterocycles. The molecule has 19 heavy (non-hydrogen) atoms. The Morgan fingerprint density at radius 3 is 2.74 bits per heavy atom. The zero-order valence-corrected chi connectivity index (χ0v) is 12.1.